The maximum absolute atomic E-state index is 12.4. The Bertz CT molecular complexity index is 977. The molecule has 0 aromatic heterocycles. The van der Waals surface area contributed by atoms with E-state index in [1.807, 2.05) is 62.4 Å². The third-order valence-electron chi connectivity index (χ3n) is 4.57. The maximum atomic E-state index is 12.4. The van der Waals surface area contributed by atoms with Gasteiger partial charge in [0, 0.05) is 18.0 Å². The van der Waals surface area contributed by atoms with Gasteiger partial charge in [0.1, 0.15) is 0 Å². The van der Waals surface area contributed by atoms with Crippen molar-refractivity contribution in [3.05, 3.63) is 75.8 Å². The van der Waals surface area contributed by atoms with Crippen LogP contribution in [0.3, 0.4) is 0 Å². The summed E-state index contributed by atoms with van der Waals surface area (Å²) in [5.74, 6) is -0.509. The topological polar surface area (TPSA) is 82.0 Å². The maximum Gasteiger partial charge on any atom is 0.234 e. The normalized spacial score (nSPS) is 16.3. The van der Waals surface area contributed by atoms with E-state index in [4.69, 9.17) is 0 Å². The molecule has 0 fully saturated rings. The molecule has 0 spiro atoms. The third-order valence-corrected chi connectivity index (χ3v) is 5.59. The average Bonchev–Trinajstić information content (AvgIpc) is 2.69. The largest absolute Gasteiger partial charge is 0.325 e. The molecule has 2 N–H and O–H groups in total. The zero-order valence-electron chi connectivity index (χ0n) is 15.8. The van der Waals surface area contributed by atoms with E-state index in [-0.39, 0.29) is 29.9 Å². The van der Waals surface area contributed by atoms with Crippen molar-refractivity contribution in [3.8, 4) is 6.07 Å². The summed E-state index contributed by atoms with van der Waals surface area (Å²) in [6, 6.07) is 17.6. The second-order valence-electron chi connectivity index (χ2n) is 6.73. The van der Waals surface area contributed by atoms with Crippen molar-refractivity contribution >= 4 is 29.3 Å². The van der Waals surface area contributed by atoms with Gasteiger partial charge in [-0.25, -0.2) is 0 Å². The van der Waals surface area contributed by atoms with E-state index >= 15 is 0 Å². The molecule has 142 valence electrons. The fraction of sp³-hybridized carbons (Fsp3) is 0.227. The van der Waals surface area contributed by atoms with Crippen molar-refractivity contribution in [2.45, 2.75) is 26.2 Å². The Morgan fingerprint density at radius 3 is 2.71 bits per heavy atom. The monoisotopic (exact) mass is 391 g/mol. The van der Waals surface area contributed by atoms with E-state index in [0.717, 1.165) is 22.4 Å². The lowest BCUT2D eigenvalue weighted by atomic mass is 9.87. The fourth-order valence-corrected chi connectivity index (χ4v) is 3.97. The predicted molar refractivity (Wildman–Crippen MR) is 112 cm³/mol. The molecule has 0 radical (unpaired) electrons. The highest BCUT2D eigenvalue weighted by atomic mass is 32.2. The first-order valence-electron chi connectivity index (χ1n) is 8.97. The van der Waals surface area contributed by atoms with Crippen LogP contribution in [0.15, 0.2) is 59.1 Å². The molecule has 0 saturated heterocycles. The molecule has 5 nitrogen and oxygen atoms in total. The second-order valence-corrected chi connectivity index (χ2v) is 7.71. The number of carbonyl (C=O) groups excluding carboxylic acids is 2. The predicted octanol–water partition coefficient (Wildman–Crippen LogP) is 4.01. The molecule has 1 aliphatic rings. The van der Waals surface area contributed by atoms with Crippen molar-refractivity contribution in [1.29, 1.82) is 5.26 Å². The molecule has 3 rings (SSSR count). The van der Waals surface area contributed by atoms with Gasteiger partial charge in [-0.3, -0.25) is 9.59 Å². The Labute approximate surface area is 168 Å². The lowest BCUT2D eigenvalue weighted by Crippen LogP contribution is -2.31. The summed E-state index contributed by atoms with van der Waals surface area (Å²) >= 11 is 1.18. The SMILES string of the molecule is Cc1ccc(C)c(NC(=O)CSC2=C(C#N)C(c3ccccc3)CC(=O)N2)c1. The molecule has 1 unspecified atom stereocenters. The van der Waals surface area contributed by atoms with Crippen LogP contribution < -0.4 is 10.6 Å². The van der Waals surface area contributed by atoms with Crippen LogP contribution in [0.2, 0.25) is 0 Å². The fourth-order valence-electron chi connectivity index (χ4n) is 3.10. The molecular weight excluding hydrogens is 370 g/mol. The highest BCUT2D eigenvalue weighted by molar-refractivity contribution is 8.03. The molecule has 2 amide bonds. The third kappa shape index (κ3) is 4.62. The number of rotatable bonds is 5. The van der Waals surface area contributed by atoms with Gasteiger partial charge in [0.15, 0.2) is 0 Å². The Hall–Kier alpha value is -3.04. The molecule has 28 heavy (non-hydrogen) atoms. The first-order chi connectivity index (χ1) is 13.5. The summed E-state index contributed by atoms with van der Waals surface area (Å²) in [7, 11) is 0. The Morgan fingerprint density at radius 1 is 1.25 bits per heavy atom. The lowest BCUT2D eigenvalue weighted by Gasteiger charge is -2.25. The van der Waals surface area contributed by atoms with Gasteiger partial charge in [0.2, 0.25) is 11.8 Å². The summed E-state index contributed by atoms with van der Waals surface area (Å²) in [5, 5.41) is 15.8. The number of hydrogen-bond acceptors (Lipinski definition) is 4. The zero-order chi connectivity index (χ0) is 20.1. The van der Waals surface area contributed by atoms with Crippen LogP contribution in [0.5, 0.6) is 0 Å². The molecule has 2 aromatic rings. The average molecular weight is 391 g/mol. The highest BCUT2D eigenvalue weighted by Crippen LogP contribution is 2.35. The zero-order valence-corrected chi connectivity index (χ0v) is 16.6. The summed E-state index contributed by atoms with van der Waals surface area (Å²) in [6.45, 7) is 3.90. The van der Waals surface area contributed by atoms with E-state index in [1.54, 1.807) is 0 Å². The van der Waals surface area contributed by atoms with Crippen LogP contribution in [0, 0.1) is 25.2 Å². The van der Waals surface area contributed by atoms with Crippen LogP contribution in [0.25, 0.3) is 0 Å². The van der Waals surface area contributed by atoms with E-state index in [2.05, 4.69) is 16.7 Å². The molecule has 0 saturated carbocycles. The van der Waals surface area contributed by atoms with Crippen LogP contribution in [0.1, 0.15) is 29.0 Å². The lowest BCUT2D eigenvalue weighted by molar-refractivity contribution is -0.121. The van der Waals surface area contributed by atoms with E-state index in [9.17, 15) is 14.9 Å². The van der Waals surface area contributed by atoms with Crippen molar-refractivity contribution in [2.24, 2.45) is 0 Å². The van der Waals surface area contributed by atoms with Crippen molar-refractivity contribution in [3.63, 3.8) is 0 Å². The molecule has 1 aliphatic heterocycles. The van der Waals surface area contributed by atoms with Gasteiger partial charge in [0.05, 0.1) is 22.4 Å². The summed E-state index contributed by atoms with van der Waals surface area (Å²) in [5.41, 5.74) is 4.24. The summed E-state index contributed by atoms with van der Waals surface area (Å²) < 4.78 is 0. The molecule has 6 heteroatoms. The highest BCUT2D eigenvalue weighted by Gasteiger charge is 2.29. The first kappa shape index (κ1) is 19.7. The number of amides is 2. The number of anilines is 1. The van der Waals surface area contributed by atoms with Gasteiger partial charge in [-0.05, 0) is 36.6 Å². The number of nitrogens with zero attached hydrogens (tertiary/aromatic N) is 1. The standard InChI is InChI=1S/C22H21N3O2S/c1-14-8-9-15(2)19(10-14)24-21(27)13-28-22-18(12-23)17(11-20(26)25-22)16-6-4-3-5-7-16/h3-10,17H,11,13H2,1-2H3,(H,24,27)(H,25,26). The Balaban J connectivity index is 1.75. The molecule has 1 atom stereocenters. The number of nitrogens with one attached hydrogen (secondary N) is 2. The molecule has 0 bridgehead atoms. The van der Waals surface area contributed by atoms with Gasteiger partial charge >= 0.3 is 0 Å². The quantitative estimate of drug-likeness (QED) is 0.807. The summed E-state index contributed by atoms with van der Waals surface area (Å²) in [6.07, 6.45) is 0.228. The van der Waals surface area contributed by atoms with Crippen LogP contribution >= 0.6 is 11.8 Å². The number of carbonyl (C=O) groups is 2. The van der Waals surface area contributed by atoms with Crippen molar-refractivity contribution in [2.75, 3.05) is 11.1 Å². The number of allylic oxidation sites excluding steroid dienone is 1. The minimum absolute atomic E-state index is 0.107. The number of benzene rings is 2. The summed E-state index contributed by atoms with van der Waals surface area (Å²) in [4.78, 5) is 24.6. The number of thioether (sulfide) groups is 1. The van der Waals surface area contributed by atoms with Crippen molar-refractivity contribution in [1.82, 2.24) is 5.32 Å². The van der Waals surface area contributed by atoms with Gasteiger partial charge in [-0.2, -0.15) is 5.26 Å². The van der Waals surface area contributed by atoms with Crippen LogP contribution in [-0.2, 0) is 9.59 Å². The second kappa shape index (κ2) is 8.77. The first-order valence-corrected chi connectivity index (χ1v) is 9.95. The van der Waals surface area contributed by atoms with Gasteiger partial charge in [0.25, 0.3) is 0 Å². The minimum Gasteiger partial charge on any atom is -0.325 e. The Morgan fingerprint density at radius 2 is 2.00 bits per heavy atom. The van der Waals surface area contributed by atoms with E-state index in [1.165, 1.54) is 11.8 Å². The smallest absolute Gasteiger partial charge is 0.234 e. The van der Waals surface area contributed by atoms with Gasteiger partial charge in [-0.1, -0.05) is 54.2 Å². The van der Waals surface area contributed by atoms with Crippen LogP contribution in [-0.4, -0.2) is 17.6 Å². The molecule has 2 aromatic carbocycles. The minimum atomic E-state index is -0.287. The van der Waals surface area contributed by atoms with Crippen LogP contribution in [0.4, 0.5) is 5.69 Å². The Kier molecular flexibility index (Phi) is 6.17. The molecule has 0 aliphatic carbocycles. The van der Waals surface area contributed by atoms with Gasteiger partial charge in [-0.15, -0.1) is 0 Å². The van der Waals surface area contributed by atoms with Crippen molar-refractivity contribution < 1.29 is 9.59 Å². The molecular formula is C22H21N3O2S. The number of hydrogen-bond donors (Lipinski definition) is 2. The van der Waals surface area contributed by atoms with E-state index in [0.29, 0.717) is 10.6 Å². The van der Waals surface area contributed by atoms with E-state index < -0.39 is 0 Å². The van der Waals surface area contributed by atoms with Gasteiger partial charge < -0.3 is 10.6 Å². The molecule has 1 heterocycles. The number of aryl methyl sites for hydroxylation is 2. The number of nitriles is 1.